The zero-order valence-corrected chi connectivity index (χ0v) is 55.6. The van der Waals surface area contributed by atoms with Crippen LogP contribution in [0.15, 0.2) is 9.98 Å². The largest absolute Gasteiger partial charge is 0.480 e. The molecular formula is C57H103N21O19. The maximum absolute atomic E-state index is 14.1. The van der Waals surface area contributed by atoms with Gasteiger partial charge in [0.15, 0.2) is 11.9 Å². The maximum Gasteiger partial charge on any atom is 0.326 e. The predicted octanol–water partition coefficient (Wildman–Crippen LogP) is -11.1. The number of rotatable bonds is 46. The van der Waals surface area contributed by atoms with Crippen molar-refractivity contribution in [3.05, 3.63) is 0 Å². The molecule has 40 heteroatoms. The van der Waals surface area contributed by atoms with Crippen molar-refractivity contribution in [2.45, 2.75) is 197 Å². The van der Waals surface area contributed by atoms with E-state index in [1.165, 1.54) is 32.6 Å². The SMILES string of the molecule is CC(C)C[C@H](NC(=O)[C@@H]1CCCN1C(=O)[C@@H](N)CO)C(=O)N[C@@H](C)C(=O)N[C@@H](CCC(N)=O)C(=O)N[C@@H](C)C(=O)N[C@H](C(=O)N[C@@H](CCCN=C(N)N)C(=O)N[C@@H](CO)C(=O)N[C@@H](CO)C(=O)N[C@@H](CO)C(=O)N[C@@H](CCCN=C(N)N)C(=O)N[C@@H](CCCCN)C(=O)O)C(C)C. The number of hydrogen-bond donors (Lipinski definition) is 23. The summed E-state index contributed by atoms with van der Waals surface area (Å²) in [5.41, 5.74) is 38.3. The average molecular weight is 1390 g/mol. The van der Waals surface area contributed by atoms with E-state index in [1.807, 2.05) is 0 Å². The highest BCUT2D eigenvalue weighted by Crippen LogP contribution is 2.20. The van der Waals surface area contributed by atoms with Crippen molar-refractivity contribution < 1.29 is 92.7 Å². The number of unbranched alkanes of at least 4 members (excludes halogenated alkanes) is 1. The lowest BCUT2D eigenvalue weighted by molar-refractivity contribution is -0.142. The van der Waals surface area contributed by atoms with Gasteiger partial charge in [-0.3, -0.25) is 72.3 Å². The number of hydrogen-bond acceptors (Lipinski definition) is 22. The molecule has 0 unspecified atom stereocenters. The number of carbonyl (C=O) groups is 14. The fourth-order valence-electron chi connectivity index (χ4n) is 9.49. The first-order valence-electron chi connectivity index (χ1n) is 31.7. The molecule has 0 spiro atoms. The summed E-state index contributed by atoms with van der Waals surface area (Å²) in [6.07, 6.45) is 0.336. The molecule has 40 nitrogen and oxygen atoms in total. The second kappa shape index (κ2) is 44.6. The number of amides is 13. The van der Waals surface area contributed by atoms with Gasteiger partial charge in [-0.1, -0.05) is 27.7 Å². The van der Waals surface area contributed by atoms with E-state index in [0.717, 1.165) is 0 Å². The molecule has 1 aliphatic rings. The molecule has 0 radical (unpaired) electrons. The molecule has 1 heterocycles. The number of nitrogens with one attached hydrogen (secondary N) is 11. The number of nitrogens with zero attached hydrogens (tertiary/aromatic N) is 3. The summed E-state index contributed by atoms with van der Waals surface area (Å²) >= 11 is 0. The van der Waals surface area contributed by atoms with Crippen LogP contribution in [0.5, 0.6) is 0 Å². The van der Waals surface area contributed by atoms with E-state index < -0.39 is 206 Å². The molecule has 97 heavy (non-hydrogen) atoms. The summed E-state index contributed by atoms with van der Waals surface area (Å²) in [5, 5.41) is 75.8. The van der Waals surface area contributed by atoms with Crippen LogP contribution in [0.1, 0.15) is 119 Å². The van der Waals surface area contributed by atoms with Crippen molar-refractivity contribution in [3.63, 3.8) is 0 Å². The molecule has 0 aromatic carbocycles. The highest BCUT2D eigenvalue weighted by atomic mass is 16.4. The zero-order valence-electron chi connectivity index (χ0n) is 55.6. The van der Waals surface area contributed by atoms with Crippen molar-refractivity contribution in [1.82, 2.24) is 63.4 Å². The summed E-state index contributed by atoms with van der Waals surface area (Å²) in [6, 6.07) is -19.6. The lowest BCUT2D eigenvalue weighted by Gasteiger charge is -2.29. The molecule has 1 saturated heterocycles. The van der Waals surface area contributed by atoms with Gasteiger partial charge in [0.25, 0.3) is 0 Å². The molecule has 1 fully saturated rings. The van der Waals surface area contributed by atoms with Crippen molar-refractivity contribution in [3.8, 4) is 0 Å². The first kappa shape index (κ1) is 85.9. The number of guanidine groups is 2. The standard InChI is InChI=1S/C57H103N21O19/c1-27(2)22-36(73-52(93)40-15-11-21-78(40)54(95)31(59)23-79)48(89)68-29(5)43(84)69-34(16-17-41(60)83)45(86)67-30(6)44(85)77-42(28(3)4)53(94)71-33(14-10-20-66-57(63)64)47(88)74-38(25-81)50(91)76-39(26-82)51(92)75-37(24-80)49(90)70-32(13-9-19-65-56(61)62)46(87)72-35(55(96)97)12-7-8-18-58/h27-40,42,79-82H,7-26,58-59H2,1-6H3,(H2,60,83)(H,67,86)(H,68,89)(H,69,84)(H,70,90)(H,71,94)(H,72,87)(H,73,93)(H,74,88)(H,75,92)(H,76,91)(H,77,85)(H,96,97)(H4,61,62,65)(H4,63,64,66)/t29-,30-,31-,32-,33-,34-,35-,36-,37-,38-,39-,40-,42-/m0/s1. The zero-order chi connectivity index (χ0) is 73.8. The number of carbonyl (C=O) groups excluding carboxylic acids is 13. The monoisotopic (exact) mass is 1390 g/mol. The number of aliphatic imine (C=N–C) groups is 2. The first-order valence-corrected chi connectivity index (χ1v) is 31.7. The summed E-state index contributed by atoms with van der Waals surface area (Å²) < 4.78 is 0. The fraction of sp³-hybridized carbons (Fsp3) is 0.719. The van der Waals surface area contributed by atoms with Gasteiger partial charge in [0, 0.05) is 26.1 Å². The lowest BCUT2D eigenvalue weighted by Crippen LogP contribution is -2.62. The van der Waals surface area contributed by atoms with Crippen LogP contribution in [0.3, 0.4) is 0 Å². The Bertz CT molecular complexity index is 2730. The quantitative estimate of drug-likeness (QED) is 0.0153. The second-order valence-electron chi connectivity index (χ2n) is 23.9. The Balaban J connectivity index is 3.30. The van der Waals surface area contributed by atoms with Crippen molar-refractivity contribution in [1.29, 1.82) is 0 Å². The number of aliphatic carboxylic acids is 1. The molecule has 13 amide bonds. The molecular weight excluding hydrogens is 1280 g/mol. The minimum atomic E-state index is -1.95. The maximum atomic E-state index is 14.1. The van der Waals surface area contributed by atoms with E-state index in [9.17, 15) is 92.7 Å². The van der Waals surface area contributed by atoms with Gasteiger partial charge in [0.05, 0.1) is 26.4 Å². The second-order valence-corrected chi connectivity index (χ2v) is 23.9. The van der Waals surface area contributed by atoms with E-state index in [-0.39, 0.29) is 89.0 Å². The van der Waals surface area contributed by atoms with Gasteiger partial charge in [-0.25, -0.2) is 4.79 Å². The fourth-order valence-corrected chi connectivity index (χ4v) is 9.49. The van der Waals surface area contributed by atoms with Crippen molar-refractivity contribution >= 4 is 94.7 Å². The summed E-state index contributed by atoms with van der Waals surface area (Å²) in [6.45, 7) is 5.26. The number of carboxylic acids is 1. The van der Waals surface area contributed by atoms with Crippen LogP contribution in [-0.4, -0.2) is 256 Å². The Kier molecular flexibility index (Phi) is 39.5. The van der Waals surface area contributed by atoms with E-state index in [0.29, 0.717) is 19.3 Å². The van der Waals surface area contributed by atoms with Gasteiger partial charge < -0.3 is 129 Å². The van der Waals surface area contributed by atoms with Crippen molar-refractivity contribution in [2.75, 3.05) is 52.6 Å². The Hall–Kier alpha value is -9.12. The number of carboxylic acid groups (broad SMARTS) is 1. The van der Waals surface area contributed by atoms with Gasteiger partial charge >= 0.3 is 5.97 Å². The minimum absolute atomic E-state index is 0.00965. The molecule has 550 valence electrons. The third kappa shape index (κ3) is 31.5. The smallest absolute Gasteiger partial charge is 0.326 e. The Labute approximate surface area is 560 Å². The number of likely N-dealkylation sites (tertiary alicyclic amines) is 1. The molecule has 1 aliphatic heterocycles. The normalized spacial score (nSPS) is 16.4. The van der Waals surface area contributed by atoms with Crippen LogP contribution >= 0.6 is 0 Å². The molecule has 0 aliphatic carbocycles. The minimum Gasteiger partial charge on any atom is -0.480 e. The third-order valence-corrected chi connectivity index (χ3v) is 14.9. The van der Waals surface area contributed by atoms with Crippen LogP contribution in [0.25, 0.3) is 0 Å². The Morgan fingerprint density at radius 3 is 1.27 bits per heavy atom. The predicted molar refractivity (Wildman–Crippen MR) is 347 cm³/mol. The molecule has 1 rings (SSSR count). The third-order valence-electron chi connectivity index (χ3n) is 14.9. The number of aliphatic hydroxyl groups is 4. The van der Waals surface area contributed by atoms with Gasteiger partial charge in [0.1, 0.15) is 78.5 Å². The Morgan fingerprint density at radius 2 is 0.856 bits per heavy atom. The lowest BCUT2D eigenvalue weighted by atomic mass is 10.0. The number of nitrogens with two attached hydrogens (primary N) is 7. The van der Waals surface area contributed by atoms with Gasteiger partial charge in [0.2, 0.25) is 76.8 Å². The topological polar surface area (TPSA) is 683 Å². The molecule has 0 bridgehead atoms. The molecule has 0 aromatic heterocycles. The van der Waals surface area contributed by atoms with E-state index in [2.05, 4.69) is 68.5 Å². The Morgan fingerprint density at radius 1 is 0.464 bits per heavy atom. The van der Waals surface area contributed by atoms with Crippen LogP contribution < -0.4 is 98.6 Å². The first-order chi connectivity index (χ1) is 45.6. The van der Waals surface area contributed by atoms with Gasteiger partial charge in [-0.15, -0.1) is 0 Å². The van der Waals surface area contributed by atoms with Gasteiger partial charge in [-0.05, 0) is 103 Å². The summed E-state index contributed by atoms with van der Waals surface area (Å²) in [5.74, 6) is -15.7. The molecule has 0 saturated carbocycles. The molecule has 13 atom stereocenters. The van der Waals surface area contributed by atoms with E-state index in [1.54, 1.807) is 13.8 Å². The average Bonchev–Trinajstić information content (AvgIpc) is 1.62. The van der Waals surface area contributed by atoms with Crippen molar-refractivity contribution in [2.24, 2.45) is 62.0 Å². The van der Waals surface area contributed by atoms with Gasteiger partial charge in [-0.2, -0.15) is 0 Å². The molecule has 30 N–H and O–H groups in total. The number of primary amides is 1. The van der Waals surface area contributed by atoms with Crippen LogP contribution in [-0.2, 0) is 67.1 Å². The molecule has 0 aromatic rings. The van der Waals surface area contributed by atoms with Crippen LogP contribution in [0.2, 0.25) is 0 Å². The van der Waals surface area contributed by atoms with Crippen LogP contribution in [0, 0.1) is 11.8 Å². The van der Waals surface area contributed by atoms with E-state index in [4.69, 9.17) is 40.1 Å². The highest BCUT2D eigenvalue weighted by molar-refractivity contribution is 6.00. The van der Waals surface area contributed by atoms with Crippen LogP contribution in [0.4, 0.5) is 0 Å². The van der Waals surface area contributed by atoms with E-state index >= 15 is 0 Å². The summed E-state index contributed by atoms with van der Waals surface area (Å²) in [7, 11) is 0. The number of aliphatic hydroxyl groups excluding tert-OH is 4. The highest BCUT2D eigenvalue weighted by Gasteiger charge is 2.40. The summed E-state index contributed by atoms with van der Waals surface area (Å²) in [4.78, 5) is 196.